The van der Waals surface area contributed by atoms with E-state index in [1.807, 2.05) is 4.90 Å². The summed E-state index contributed by atoms with van der Waals surface area (Å²) in [4.78, 5) is 39.1. The standard InChI is InChI=1S/C20H27BrFN5O3.U/c1-16(29)23-8-3-9-27(15-28)17-4-5-19(18(22)14-17)25-10-12-26(13-11-25)20(30)24-7-2-6-21;/h3-5,14H,2,6-13H2,1H3,(H,23,29)(H,24,30);/q-2;+2. The Bertz CT molecular complexity index is 735. The molecule has 0 unspecified atom stereocenters. The Hall–Kier alpha value is -1.31. The second-order valence-corrected chi connectivity index (χ2v) is 7.60. The van der Waals surface area contributed by atoms with Gasteiger partial charge in [-0.1, -0.05) is 28.1 Å². The topological polar surface area (TPSA) is 85.0 Å². The second-order valence-electron chi connectivity index (χ2n) is 6.81. The minimum absolute atomic E-state index is 0. The average Bonchev–Trinajstić information content (AvgIpc) is 2.74. The Balaban J connectivity index is 0.00000480. The van der Waals surface area contributed by atoms with E-state index in [2.05, 4.69) is 26.6 Å². The van der Waals surface area contributed by atoms with Crippen LogP contribution in [0.2, 0.25) is 0 Å². The number of rotatable bonds is 10. The molecule has 0 aromatic heterocycles. The van der Waals surface area contributed by atoms with Gasteiger partial charge in [0.25, 0.3) is 0 Å². The fraction of sp³-hybridized carbons (Fsp3) is 0.500. The molecule has 0 saturated carbocycles. The van der Waals surface area contributed by atoms with E-state index in [4.69, 9.17) is 0 Å². The number of hydrogen-bond donors (Lipinski definition) is 2. The van der Waals surface area contributed by atoms with Gasteiger partial charge < -0.3 is 30.1 Å². The van der Waals surface area contributed by atoms with Crippen molar-refractivity contribution in [1.29, 1.82) is 0 Å². The van der Waals surface area contributed by atoms with E-state index in [9.17, 15) is 18.8 Å². The molecule has 2 N–H and O–H groups in total. The molecule has 1 saturated heterocycles. The molecule has 0 atom stereocenters. The number of carbonyl (C=O) groups excluding carboxylic acids is 3. The number of nitrogens with zero attached hydrogens (tertiary/aromatic N) is 3. The van der Waals surface area contributed by atoms with Crippen molar-refractivity contribution < 1.29 is 49.9 Å². The van der Waals surface area contributed by atoms with Crippen molar-refractivity contribution >= 4 is 45.7 Å². The zero-order chi connectivity index (χ0) is 21.9. The smallest absolute Gasteiger partial charge is 0.503 e. The molecule has 2 rings (SSSR count). The van der Waals surface area contributed by atoms with Gasteiger partial charge in [-0.05, 0) is 6.42 Å². The molecule has 31 heavy (non-hydrogen) atoms. The van der Waals surface area contributed by atoms with E-state index in [-0.39, 0.29) is 49.6 Å². The predicted octanol–water partition coefficient (Wildman–Crippen LogP) is 1.66. The number of benzene rings is 1. The van der Waals surface area contributed by atoms with E-state index in [1.165, 1.54) is 17.9 Å². The van der Waals surface area contributed by atoms with Crippen LogP contribution in [0.25, 0.3) is 0 Å². The quantitative estimate of drug-likeness (QED) is 0.167. The number of nitrogens with one attached hydrogen (secondary N) is 2. The summed E-state index contributed by atoms with van der Waals surface area (Å²) in [5, 5.41) is 6.30. The maximum absolute atomic E-state index is 14.7. The van der Waals surface area contributed by atoms with Crippen LogP contribution in [0.3, 0.4) is 0 Å². The number of urea groups is 1. The van der Waals surface area contributed by atoms with Gasteiger partial charge in [0.2, 0.25) is 5.91 Å². The minimum atomic E-state index is -0.440. The van der Waals surface area contributed by atoms with Crippen molar-refractivity contribution in [2.24, 2.45) is 0 Å². The van der Waals surface area contributed by atoms with E-state index in [0.717, 1.165) is 11.8 Å². The number of alkyl halides is 1. The van der Waals surface area contributed by atoms with Gasteiger partial charge in [0, 0.05) is 45.0 Å². The van der Waals surface area contributed by atoms with Crippen LogP contribution in [0.15, 0.2) is 18.2 Å². The minimum Gasteiger partial charge on any atom is -0.503 e. The van der Waals surface area contributed by atoms with Crippen LogP contribution in [0.1, 0.15) is 13.3 Å². The zero-order valence-corrected chi connectivity index (χ0v) is 23.2. The summed E-state index contributed by atoms with van der Waals surface area (Å²) in [5.74, 6) is -0.607. The van der Waals surface area contributed by atoms with Crippen molar-refractivity contribution in [1.82, 2.24) is 15.5 Å². The van der Waals surface area contributed by atoms with Crippen LogP contribution in [0.4, 0.5) is 20.6 Å². The van der Waals surface area contributed by atoms with Crippen LogP contribution < -0.4 is 20.4 Å². The summed E-state index contributed by atoms with van der Waals surface area (Å²) in [5.41, 5.74) is 0.821. The third-order valence-corrected chi connectivity index (χ3v) is 5.22. The van der Waals surface area contributed by atoms with Gasteiger partial charge in [0.15, 0.2) is 0 Å². The molecule has 1 heterocycles. The zero-order valence-electron chi connectivity index (χ0n) is 17.5. The molecule has 11 heteroatoms. The summed E-state index contributed by atoms with van der Waals surface area (Å²) < 4.78 is 14.7. The SMILES string of the molecule is CC(=O)NC[CH-]CN([C-]=O)c1ccc(N2CCN(C(=O)NCCCBr)CC2)c(F)c1.[U+2]. The molecule has 0 aliphatic carbocycles. The van der Waals surface area contributed by atoms with E-state index in [0.29, 0.717) is 50.6 Å². The number of carbonyl (C=O) groups is 2. The van der Waals surface area contributed by atoms with Crippen molar-refractivity contribution in [3.05, 3.63) is 30.4 Å². The Morgan fingerprint density at radius 2 is 1.97 bits per heavy atom. The van der Waals surface area contributed by atoms with E-state index in [1.54, 1.807) is 29.9 Å². The maximum Gasteiger partial charge on any atom is 2.00 e. The largest absolute Gasteiger partial charge is 2.00 e. The Morgan fingerprint density at radius 3 is 2.55 bits per heavy atom. The van der Waals surface area contributed by atoms with Crippen LogP contribution >= 0.6 is 15.9 Å². The molecule has 1 fully saturated rings. The molecule has 0 bridgehead atoms. The normalized spacial score (nSPS) is 13.3. The fourth-order valence-corrected chi connectivity index (χ4v) is 3.33. The molecule has 1 aromatic carbocycles. The molecular weight excluding hydrogens is 695 g/mol. The molecule has 0 radical (unpaired) electrons. The predicted molar refractivity (Wildman–Crippen MR) is 118 cm³/mol. The molecule has 1 aliphatic rings. The number of hydrogen-bond acceptors (Lipinski definition) is 4. The van der Waals surface area contributed by atoms with E-state index < -0.39 is 5.82 Å². The van der Waals surface area contributed by atoms with Crippen LogP contribution in [-0.2, 0) is 9.59 Å². The molecule has 1 aromatic rings. The van der Waals surface area contributed by atoms with Gasteiger partial charge in [-0.2, -0.15) is 0 Å². The first kappa shape index (κ1) is 27.7. The monoisotopic (exact) mass is 721 g/mol. The van der Waals surface area contributed by atoms with Crippen LogP contribution in [0.5, 0.6) is 0 Å². The number of amides is 4. The molecule has 168 valence electrons. The van der Waals surface area contributed by atoms with Gasteiger partial charge in [0.1, 0.15) is 5.82 Å². The van der Waals surface area contributed by atoms with Gasteiger partial charge >= 0.3 is 37.1 Å². The van der Waals surface area contributed by atoms with Crippen molar-refractivity contribution in [2.45, 2.75) is 13.3 Å². The maximum atomic E-state index is 14.7. The van der Waals surface area contributed by atoms with Gasteiger partial charge in [-0.3, -0.25) is 11.2 Å². The molecule has 8 nitrogen and oxygen atoms in total. The summed E-state index contributed by atoms with van der Waals surface area (Å²) in [6.45, 7) is 4.59. The summed E-state index contributed by atoms with van der Waals surface area (Å²) >= 11 is 3.33. The Morgan fingerprint density at radius 1 is 1.26 bits per heavy atom. The van der Waals surface area contributed by atoms with Crippen LogP contribution in [0, 0.1) is 43.4 Å². The third-order valence-electron chi connectivity index (χ3n) is 4.65. The summed E-state index contributed by atoms with van der Waals surface area (Å²) in [6.07, 6.45) is 4.34. The third kappa shape index (κ3) is 8.99. The van der Waals surface area contributed by atoms with Gasteiger partial charge in [-0.25, -0.2) is 9.18 Å². The molecule has 4 amide bonds. The molecule has 1 aliphatic heterocycles. The second kappa shape index (κ2) is 14.7. The molecule has 0 spiro atoms. The van der Waals surface area contributed by atoms with Crippen molar-refractivity contribution in [3.8, 4) is 0 Å². The molecular formula is C20H27BrFN5O3U. The first-order valence-electron chi connectivity index (χ1n) is 9.81. The summed E-state index contributed by atoms with van der Waals surface area (Å²) in [6, 6.07) is 4.49. The Labute approximate surface area is 214 Å². The average molecular weight is 722 g/mol. The summed E-state index contributed by atoms with van der Waals surface area (Å²) in [7, 11) is 0. The number of anilines is 2. The fourth-order valence-electron chi connectivity index (χ4n) is 3.05. The first-order valence-corrected chi connectivity index (χ1v) is 10.9. The van der Waals surface area contributed by atoms with Crippen molar-refractivity contribution in [2.75, 3.05) is 60.9 Å². The Kier molecular flexibility index (Phi) is 13.1. The number of halogens is 2. The van der Waals surface area contributed by atoms with Crippen molar-refractivity contribution in [3.63, 3.8) is 0 Å². The van der Waals surface area contributed by atoms with Gasteiger partial charge in [-0.15, -0.1) is 24.8 Å². The van der Waals surface area contributed by atoms with Crippen LogP contribution in [-0.4, -0.2) is 74.4 Å². The van der Waals surface area contributed by atoms with Gasteiger partial charge in [0.05, 0.1) is 12.1 Å². The van der Waals surface area contributed by atoms with E-state index >= 15 is 0 Å². The first-order chi connectivity index (χ1) is 14.5. The number of piperazine rings is 1.